The third kappa shape index (κ3) is 6.43. The van der Waals surface area contributed by atoms with Crippen LogP contribution in [0.15, 0.2) is 24.3 Å². The van der Waals surface area contributed by atoms with E-state index in [1.165, 1.54) is 36.0 Å². The first-order chi connectivity index (χ1) is 12.0. The zero-order chi connectivity index (χ0) is 18.2. The molecule has 2 rings (SSSR count). The van der Waals surface area contributed by atoms with E-state index in [2.05, 4.69) is 10.9 Å². The van der Waals surface area contributed by atoms with Crippen molar-refractivity contribution in [3.8, 4) is 0 Å². The van der Waals surface area contributed by atoms with Crippen molar-refractivity contribution in [2.24, 2.45) is 0 Å². The Kier molecular flexibility index (Phi) is 7.32. The maximum absolute atomic E-state index is 12.8. The molecule has 0 spiro atoms. The molecule has 9 heteroatoms. The number of rotatable bonds is 7. The summed E-state index contributed by atoms with van der Waals surface area (Å²) in [7, 11) is 0. The number of benzene rings is 1. The summed E-state index contributed by atoms with van der Waals surface area (Å²) in [6, 6.07) is 5.57. The molecule has 1 aromatic carbocycles. The zero-order valence-electron chi connectivity index (χ0n) is 13.4. The van der Waals surface area contributed by atoms with Crippen molar-refractivity contribution in [3.63, 3.8) is 0 Å². The van der Waals surface area contributed by atoms with Gasteiger partial charge in [-0.25, -0.2) is 4.39 Å². The van der Waals surface area contributed by atoms with Gasteiger partial charge in [0.2, 0.25) is 17.7 Å². The van der Waals surface area contributed by atoms with E-state index < -0.39 is 0 Å². The van der Waals surface area contributed by atoms with Crippen LogP contribution in [0.3, 0.4) is 0 Å². The van der Waals surface area contributed by atoms with Crippen LogP contribution >= 0.6 is 24.0 Å². The largest absolute Gasteiger partial charge is 0.297 e. The van der Waals surface area contributed by atoms with Gasteiger partial charge < -0.3 is 0 Å². The Hall–Kier alpha value is -2.00. The predicted octanol–water partition coefficient (Wildman–Crippen LogP) is 1.55. The normalized spacial score (nSPS) is 13.9. The fraction of sp³-hybridized carbons (Fsp3) is 0.375. The highest BCUT2D eigenvalue weighted by Gasteiger charge is 2.25. The molecule has 1 saturated heterocycles. The summed E-state index contributed by atoms with van der Waals surface area (Å²) < 4.78 is 13.4. The average molecular weight is 383 g/mol. The minimum absolute atomic E-state index is 0.00695. The van der Waals surface area contributed by atoms with Crippen LogP contribution in [0.4, 0.5) is 4.39 Å². The van der Waals surface area contributed by atoms with Gasteiger partial charge in [0.1, 0.15) is 10.1 Å². The van der Waals surface area contributed by atoms with Gasteiger partial charge in [-0.15, -0.1) is 0 Å². The first-order valence-corrected chi connectivity index (χ1v) is 9.14. The number of thioether (sulfide) groups is 1. The van der Waals surface area contributed by atoms with Gasteiger partial charge in [0, 0.05) is 13.0 Å². The molecule has 1 fully saturated rings. The van der Waals surface area contributed by atoms with Crippen LogP contribution < -0.4 is 10.9 Å². The molecule has 1 heterocycles. The van der Waals surface area contributed by atoms with E-state index in [0.29, 0.717) is 35.0 Å². The Morgan fingerprint density at radius 3 is 2.48 bits per heavy atom. The first kappa shape index (κ1) is 19.3. The number of thiocarbonyl (C=S) groups is 1. The van der Waals surface area contributed by atoms with Crippen LogP contribution in [-0.4, -0.2) is 39.2 Å². The minimum Gasteiger partial charge on any atom is -0.297 e. The number of nitrogens with one attached hydrogen (secondary N) is 2. The average Bonchev–Trinajstić information content (AvgIpc) is 2.90. The number of hydrogen-bond donors (Lipinski definition) is 2. The second kappa shape index (κ2) is 9.47. The van der Waals surface area contributed by atoms with E-state index in [0.717, 1.165) is 0 Å². The van der Waals surface area contributed by atoms with Gasteiger partial charge >= 0.3 is 0 Å². The third-order valence-electron chi connectivity index (χ3n) is 3.50. The molecule has 0 atom stereocenters. The van der Waals surface area contributed by atoms with Gasteiger partial charge in [-0.3, -0.25) is 30.1 Å². The predicted molar refractivity (Wildman–Crippen MR) is 97.0 cm³/mol. The summed E-state index contributed by atoms with van der Waals surface area (Å²) >= 11 is 6.42. The molecule has 1 aromatic rings. The van der Waals surface area contributed by atoms with Crippen LogP contribution in [0.5, 0.6) is 0 Å². The Bertz CT molecular complexity index is 651. The van der Waals surface area contributed by atoms with Crippen molar-refractivity contribution in [3.05, 3.63) is 35.6 Å². The fourth-order valence-corrected chi connectivity index (χ4v) is 3.31. The molecule has 0 saturated carbocycles. The van der Waals surface area contributed by atoms with E-state index in [1.807, 2.05) is 0 Å². The number of carbonyl (C=O) groups is 3. The molecule has 25 heavy (non-hydrogen) atoms. The van der Waals surface area contributed by atoms with Crippen molar-refractivity contribution in [2.45, 2.75) is 25.7 Å². The summed E-state index contributed by atoms with van der Waals surface area (Å²) in [5, 5.41) is 0. The van der Waals surface area contributed by atoms with Crippen LogP contribution in [0.25, 0.3) is 0 Å². The molecule has 1 aliphatic heterocycles. The quantitative estimate of drug-likeness (QED) is 0.424. The molecule has 134 valence electrons. The molecular weight excluding hydrogens is 365 g/mol. The molecule has 0 aliphatic carbocycles. The van der Waals surface area contributed by atoms with Gasteiger partial charge in [-0.1, -0.05) is 36.1 Å². The standard InChI is InChI=1S/C16H18FN3O3S2/c17-12-6-4-11(5-7-12)9-14(22)19-18-13(21)3-1-2-8-20-15(23)10-25-16(20)24/h4-7H,1-3,8-10H2,(H,18,21)(H,19,22). The lowest BCUT2D eigenvalue weighted by Gasteiger charge is -2.14. The topological polar surface area (TPSA) is 78.5 Å². The van der Waals surface area contributed by atoms with Crippen molar-refractivity contribution in [1.82, 2.24) is 15.8 Å². The highest BCUT2D eigenvalue weighted by molar-refractivity contribution is 8.23. The summed E-state index contributed by atoms with van der Waals surface area (Å²) in [6.07, 6.45) is 1.52. The second-order valence-corrected chi connectivity index (χ2v) is 7.07. The smallest absolute Gasteiger partial charge is 0.242 e. The molecule has 6 nitrogen and oxygen atoms in total. The number of amides is 3. The van der Waals surface area contributed by atoms with Crippen LogP contribution in [0, 0.1) is 5.82 Å². The highest BCUT2D eigenvalue weighted by Crippen LogP contribution is 2.19. The molecule has 1 aliphatic rings. The van der Waals surface area contributed by atoms with E-state index >= 15 is 0 Å². The third-order valence-corrected chi connectivity index (χ3v) is 4.93. The van der Waals surface area contributed by atoms with Crippen molar-refractivity contribution >= 4 is 46.0 Å². The van der Waals surface area contributed by atoms with Crippen LogP contribution in [0.2, 0.25) is 0 Å². The van der Waals surface area contributed by atoms with E-state index in [9.17, 15) is 18.8 Å². The Morgan fingerprint density at radius 2 is 1.84 bits per heavy atom. The van der Waals surface area contributed by atoms with Crippen molar-refractivity contribution in [2.75, 3.05) is 12.3 Å². The number of unbranched alkanes of at least 4 members (excludes halogenated alkanes) is 1. The zero-order valence-corrected chi connectivity index (χ0v) is 15.1. The number of carbonyl (C=O) groups excluding carboxylic acids is 3. The Balaban J connectivity index is 1.59. The molecular formula is C16H18FN3O3S2. The summed E-state index contributed by atoms with van der Waals surface area (Å²) in [5.41, 5.74) is 5.31. The number of hydrazine groups is 1. The lowest BCUT2D eigenvalue weighted by Crippen LogP contribution is -2.42. The van der Waals surface area contributed by atoms with Gasteiger partial charge in [-0.05, 0) is 30.5 Å². The lowest BCUT2D eigenvalue weighted by atomic mass is 10.1. The van der Waals surface area contributed by atoms with Crippen LogP contribution in [-0.2, 0) is 20.8 Å². The number of nitrogens with zero attached hydrogens (tertiary/aromatic N) is 1. The molecule has 0 bridgehead atoms. The van der Waals surface area contributed by atoms with Gasteiger partial charge in [0.15, 0.2) is 0 Å². The van der Waals surface area contributed by atoms with Crippen molar-refractivity contribution < 1.29 is 18.8 Å². The SMILES string of the molecule is O=C(CCCCN1C(=O)CSC1=S)NNC(=O)Cc1ccc(F)cc1. The van der Waals surface area contributed by atoms with Crippen LogP contribution in [0.1, 0.15) is 24.8 Å². The molecule has 2 N–H and O–H groups in total. The Morgan fingerprint density at radius 1 is 1.16 bits per heavy atom. The maximum Gasteiger partial charge on any atom is 0.242 e. The van der Waals surface area contributed by atoms with E-state index in [-0.39, 0.29) is 36.4 Å². The summed E-state index contributed by atoms with van der Waals surface area (Å²) in [4.78, 5) is 36.5. The molecule has 0 aromatic heterocycles. The number of halogens is 1. The summed E-state index contributed by atoms with van der Waals surface area (Å²) in [5.74, 6) is -0.665. The van der Waals surface area contributed by atoms with Gasteiger partial charge in [0.25, 0.3) is 0 Å². The highest BCUT2D eigenvalue weighted by atomic mass is 32.2. The monoisotopic (exact) mass is 383 g/mol. The molecule has 0 unspecified atom stereocenters. The fourth-order valence-electron chi connectivity index (χ4n) is 2.19. The Labute approximate surface area is 154 Å². The minimum atomic E-state index is -0.384. The second-order valence-electron chi connectivity index (χ2n) is 5.46. The van der Waals surface area contributed by atoms with Gasteiger partial charge in [-0.2, -0.15) is 0 Å². The van der Waals surface area contributed by atoms with E-state index in [4.69, 9.17) is 12.2 Å². The van der Waals surface area contributed by atoms with Crippen molar-refractivity contribution in [1.29, 1.82) is 0 Å². The summed E-state index contributed by atoms with van der Waals surface area (Å²) in [6.45, 7) is 0.509. The lowest BCUT2D eigenvalue weighted by molar-refractivity contribution is -0.128. The molecule has 3 amide bonds. The van der Waals surface area contributed by atoms with Gasteiger partial charge in [0.05, 0.1) is 12.2 Å². The van der Waals surface area contributed by atoms with E-state index in [1.54, 1.807) is 4.90 Å². The maximum atomic E-state index is 12.8. The number of hydrogen-bond acceptors (Lipinski definition) is 5. The molecule has 0 radical (unpaired) electrons. The first-order valence-electron chi connectivity index (χ1n) is 7.75.